The van der Waals surface area contributed by atoms with Gasteiger partial charge in [-0.05, 0) is 0 Å². The first-order chi connectivity index (χ1) is 9.54. The van der Waals surface area contributed by atoms with Crippen molar-refractivity contribution in [1.29, 1.82) is 0 Å². The first kappa shape index (κ1) is 20.6. The van der Waals surface area contributed by atoms with Crippen molar-refractivity contribution in [2.24, 2.45) is 0 Å². The summed E-state index contributed by atoms with van der Waals surface area (Å²) in [5.74, 6) is -9.80. The number of ether oxygens (including phenoxy) is 2. The molecule has 0 radical (unpaired) electrons. The van der Waals surface area contributed by atoms with Crippen LogP contribution >= 0.6 is 0 Å². The van der Waals surface area contributed by atoms with Crippen LogP contribution in [-0.2, 0) is 14.3 Å². The maximum atomic E-state index is 13.3. The molecule has 0 N–H and O–H groups in total. The van der Waals surface area contributed by atoms with Gasteiger partial charge in [0.25, 0.3) is 0 Å². The fourth-order valence-corrected chi connectivity index (χ4v) is 1.20. The van der Waals surface area contributed by atoms with E-state index in [2.05, 4.69) is 16.1 Å². The van der Waals surface area contributed by atoms with Crippen molar-refractivity contribution in [3.63, 3.8) is 0 Å². The highest BCUT2D eigenvalue weighted by molar-refractivity contribution is 5.81. The van der Waals surface area contributed by atoms with E-state index in [4.69, 9.17) is 0 Å². The summed E-state index contributed by atoms with van der Waals surface area (Å²) in [6.45, 7) is 4.12. The maximum Gasteiger partial charge on any atom is 0.425 e. The summed E-state index contributed by atoms with van der Waals surface area (Å²) < 4.78 is 109. The van der Waals surface area contributed by atoms with Gasteiger partial charge in [-0.1, -0.05) is 6.58 Å². The molecule has 1 atom stereocenters. The van der Waals surface area contributed by atoms with Gasteiger partial charge < -0.3 is 4.74 Å². The van der Waals surface area contributed by atoms with Crippen molar-refractivity contribution in [3.05, 3.63) is 12.7 Å². The number of esters is 1. The zero-order valence-corrected chi connectivity index (χ0v) is 11.3. The van der Waals surface area contributed by atoms with Crippen molar-refractivity contribution >= 4 is 5.97 Å². The van der Waals surface area contributed by atoms with Gasteiger partial charge in [0.2, 0.25) is 5.79 Å². The lowest BCUT2D eigenvalue weighted by molar-refractivity contribution is -0.419. The van der Waals surface area contributed by atoms with Crippen LogP contribution in [-0.4, -0.2) is 36.1 Å². The Morgan fingerprint density at radius 2 is 1.59 bits per heavy atom. The van der Waals surface area contributed by atoms with E-state index < -0.39 is 42.6 Å². The standard InChI is InChI=1S/C11H12F8O3/c1-4-7(20)21-8(2,3)22-11(18,19)10(16,17)6(12)5-9(13,14)15/h4,6H,1,5H2,2-3H3. The fraction of sp³-hybridized carbons (Fsp3) is 0.727. The van der Waals surface area contributed by atoms with Gasteiger partial charge in [-0.2, -0.15) is 30.7 Å². The van der Waals surface area contributed by atoms with Crippen LogP contribution in [0.25, 0.3) is 0 Å². The van der Waals surface area contributed by atoms with Crippen LogP contribution in [0.1, 0.15) is 20.3 Å². The van der Waals surface area contributed by atoms with E-state index in [-0.39, 0.29) is 0 Å². The Bertz CT molecular complexity index is 416. The van der Waals surface area contributed by atoms with E-state index in [0.29, 0.717) is 19.9 Å². The molecule has 0 rings (SSSR count). The minimum absolute atomic E-state index is 0.503. The van der Waals surface area contributed by atoms with E-state index >= 15 is 0 Å². The zero-order valence-electron chi connectivity index (χ0n) is 11.3. The molecule has 0 saturated heterocycles. The smallest absolute Gasteiger partial charge is 0.425 e. The third kappa shape index (κ3) is 5.78. The molecule has 0 fully saturated rings. The highest BCUT2D eigenvalue weighted by Crippen LogP contribution is 2.44. The van der Waals surface area contributed by atoms with Crippen LogP contribution < -0.4 is 0 Å². The number of rotatable bonds is 7. The Balaban J connectivity index is 5.18. The topological polar surface area (TPSA) is 35.5 Å². The molecular formula is C11H12F8O3. The molecule has 22 heavy (non-hydrogen) atoms. The quantitative estimate of drug-likeness (QED) is 0.303. The molecule has 0 amide bonds. The second-order valence-corrected chi connectivity index (χ2v) is 4.55. The summed E-state index contributed by atoms with van der Waals surface area (Å²) in [5.41, 5.74) is 0. The van der Waals surface area contributed by atoms with Gasteiger partial charge in [0.05, 0.1) is 6.42 Å². The molecule has 0 aliphatic heterocycles. The third-order valence-electron chi connectivity index (χ3n) is 2.08. The first-order valence-corrected chi connectivity index (χ1v) is 5.56. The molecule has 0 saturated carbocycles. The normalized spacial score (nSPS) is 15.4. The molecule has 11 heteroatoms. The van der Waals surface area contributed by atoms with Gasteiger partial charge in [-0.25, -0.2) is 9.18 Å². The fourth-order valence-electron chi connectivity index (χ4n) is 1.20. The summed E-state index contributed by atoms with van der Waals surface area (Å²) >= 11 is 0. The number of alkyl halides is 8. The lowest BCUT2D eigenvalue weighted by atomic mass is 10.1. The van der Waals surface area contributed by atoms with E-state index in [1.54, 1.807) is 0 Å². The molecule has 0 bridgehead atoms. The first-order valence-electron chi connectivity index (χ1n) is 5.56. The van der Waals surface area contributed by atoms with E-state index in [1.807, 2.05) is 0 Å². The minimum atomic E-state index is -5.81. The molecule has 0 aromatic rings. The van der Waals surface area contributed by atoms with Crippen molar-refractivity contribution < 1.29 is 49.4 Å². The predicted octanol–water partition coefficient (Wildman–Crippen LogP) is 3.99. The average Bonchev–Trinajstić information content (AvgIpc) is 2.23. The molecule has 1 unspecified atom stereocenters. The van der Waals surface area contributed by atoms with Gasteiger partial charge >= 0.3 is 24.2 Å². The molecule has 0 aliphatic carbocycles. The van der Waals surface area contributed by atoms with E-state index in [0.717, 1.165) is 0 Å². The number of hydrogen-bond donors (Lipinski definition) is 0. The Kier molecular flexibility index (Phi) is 5.98. The second kappa shape index (κ2) is 6.39. The van der Waals surface area contributed by atoms with Crippen LogP contribution in [0.2, 0.25) is 0 Å². The number of halogens is 8. The average molecular weight is 344 g/mol. The van der Waals surface area contributed by atoms with Crippen LogP contribution in [0.15, 0.2) is 12.7 Å². The number of carbonyl (C=O) groups excluding carboxylic acids is 1. The van der Waals surface area contributed by atoms with Gasteiger partial charge in [0.15, 0.2) is 6.17 Å². The summed E-state index contributed by atoms with van der Waals surface area (Å²) in [7, 11) is 0. The Morgan fingerprint density at radius 1 is 1.14 bits per heavy atom. The Morgan fingerprint density at radius 3 is 1.95 bits per heavy atom. The third-order valence-corrected chi connectivity index (χ3v) is 2.08. The maximum absolute atomic E-state index is 13.3. The molecule has 0 spiro atoms. The SMILES string of the molecule is C=CC(=O)OC(C)(C)OC(F)(F)C(F)(F)C(F)CC(F)(F)F. The van der Waals surface area contributed by atoms with Gasteiger partial charge in [-0.3, -0.25) is 4.74 Å². The summed E-state index contributed by atoms with van der Waals surface area (Å²) in [5, 5.41) is 0. The van der Waals surface area contributed by atoms with Gasteiger partial charge in [-0.15, -0.1) is 0 Å². The highest BCUT2D eigenvalue weighted by Gasteiger charge is 2.66. The monoisotopic (exact) mass is 344 g/mol. The van der Waals surface area contributed by atoms with Gasteiger partial charge in [0.1, 0.15) is 0 Å². The van der Waals surface area contributed by atoms with Crippen molar-refractivity contribution in [1.82, 2.24) is 0 Å². The number of carbonyl (C=O) groups is 1. The Hall–Kier alpha value is -1.39. The summed E-state index contributed by atoms with van der Waals surface area (Å²) in [4.78, 5) is 10.8. The van der Waals surface area contributed by atoms with Crippen molar-refractivity contribution in [2.75, 3.05) is 0 Å². The Labute approximate surface area is 119 Å². The molecular weight excluding hydrogens is 332 g/mol. The lowest BCUT2D eigenvalue weighted by Gasteiger charge is -2.34. The summed E-state index contributed by atoms with van der Waals surface area (Å²) in [6.07, 6.45) is -17.6. The zero-order chi connectivity index (χ0) is 18.0. The van der Waals surface area contributed by atoms with Crippen molar-refractivity contribution in [2.45, 2.75) is 50.4 Å². The van der Waals surface area contributed by atoms with E-state index in [9.17, 15) is 39.9 Å². The molecule has 0 heterocycles. The second-order valence-electron chi connectivity index (χ2n) is 4.55. The van der Waals surface area contributed by atoms with Crippen molar-refractivity contribution in [3.8, 4) is 0 Å². The highest BCUT2D eigenvalue weighted by atomic mass is 19.4. The van der Waals surface area contributed by atoms with Gasteiger partial charge in [0, 0.05) is 19.9 Å². The summed E-state index contributed by atoms with van der Waals surface area (Å²) in [6, 6.07) is 0. The molecule has 130 valence electrons. The number of hydrogen-bond acceptors (Lipinski definition) is 3. The van der Waals surface area contributed by atoms with Crippen LogP contribution in [0, 0.1) is 0 Å². The molecule has 0 aliphatic rings. The molecule has 0 aromatic carbocycles. The minimum Gasteiger partial charge on any atom is -0.430 e. The lowest BCUT2D eigenvalue weighted by Crippen LogP contribution is -2.54. The van der Waals surface area contributed by atoms with Crippen LogP contribution in [0.5, 0.6) is 0 Å². The largest absolute Gasteiger partial charge is 0.430 e. The molecule has 0 aromatic heterocycles. The van der Waals surface area contributed by atoms with Crippen LogP contribution in [0.4, 0.5) is 35.1 Å². The van der Waals surface area contributed by atoms with Crippen LogP contribution in [0.3, 0.4) is 0 Å². The molecule has 3 nitrogen and oxygen atoms in total. The predicted molar refractivity (Wildman–Crippen MR) is 56.9 cm³/mol. The van der Waals surface area contributed by atoms with E-state index in [1.165, 1.54) is 0 Å².